The van der Waals surface area contributed by atoms with Crippen molar-refractivity contribution < 1.29 is 15.0 Å². The normalized spacial score (nSPS) is 15.3. The number of aliphatic hydroxyl groups is 2. The topological polar surface area (TPSA) is 103 Å². The van der Waals surface area contributed by atoms with Crippen LogP contribution >= 0.6 is 0 Å². The molecule has 0 radical (unpaired) electrons. The second-order valence-electron chi connectivity index (χ2n) is 6.39. The number of hydrogen-bond acceptors (Lipinski definition) is 7. The van der Waals surface area contributed by atoms with E-state index in [4.69, 9.17) is 10.2 Å². The Balaban J connectivity index is 2.00. The molecule has 2 rings (SSSR count). The molecule has 1 aromatic rings. The standard InChI is InChI=1S/C19H27N5O3/c1-22-6-8-23(9-7-22)18-4-2-17(3-5-18)21-15-16(14-20)19(27)24(10-12-25)11-13-26/h2-5,15,21,25-26H,6-13H2,1H3/b16-15-. The van der Waals surface area contributed by atoms with E-state index in [1.165, 1.54) is 11.1 Å². The molecule has 1 amide bonds. The average molecular weight is 373 g/mol. The zero-order valence-corrected chi connectivity index (χ0v) is 15.6. The number of rotatable bonds is 8. The van der Waals surface area contributed by atoms with Crippen LogP contribution in [0.15, 0.2) is 36.0 Å². The van der Waals surface area contributed by atoms with Crippen molar-refractivity contribution in [2.24, 2.45) is 0 Å². The molecule has 1 saturated heterocycles. The molecule has 8 heteroatoms. The lowest BCUT2D eigenvalue weighted by molar-refractivity contribution is -0.127. The highest BCUT2D eigenvalue weighted by Crippen LogP contribution is 2.19. The van der Waals surface area contributed by atoms with Crippen molar-refractivity contribution in [3.63, 3.8) is 0 Å². The zero-order valence-electron chi connectivity index (χ0n) is 15.6. The summed E-state index contributed by atoms with van der Waals surface area (Å²) in [6.07, 6.45) is 1.36. The van der Waals surface area contributed by atoms with Crippen LogP contribution in [0.2, 0.25) is 0 Å². The van der Waals surface area contributed by atoms with E-state index in [-0.39, 0.29) is 31.9 Å². The summed E-state index contributed by atoms with van der Waals surface area (Å²) < 4.78 is 0. The first-order valence-electron chi connectivity index (χ1n) is 9.00. The summed E-state index contributed by atoms with van der Waals surface area (Å²) in [6, 6.07) is 9.71. The van der Waals surface area contributed by atoms with E-state index in [0.29, 0.717) is 0 Å². The van der Waals surface area contributed by atoms with Crippen LogP contribution in [0.4, 0.5) is 11.4 Å². The Morgan fingerprint density at radius 3 is 2.30 bits per heavy atom. The molecule has 146 valence electrons. The Labute approximate surface area is 159 Å². The van der Waals surface area contributed by atoms with Gasteiger partial charge in [-0.3, -0.25) is 4.79 Å². The number of carbonyl (C=O) groups excluding carboxylic acids is 1. The van der Waals surface area contributed by atoms with Crippen LogP contribution in [0, 0.1) is 11.3 Å². The summed E-state index contributed by atoms with van der Waals surface area (Å²) in [6.45, 7) is 3.72. The highest BCUT2D eigenvalue weighted by molar-refractivity contribution is 5.97. The molecule has 0 unspecified atom stereocenters. The second-order valence-corrected chi connectivity index (χ2v) is 6.39. The van der Waals surface area contributed by atoms with Crippen LogP contribution in [-0.4, -0.2) is 85.5 Å². The summed E-state index contributed by atoms with van der Waals surface area (Å²) >= 11 is 0. The van der Waals surface area contributed by atoms with Crippen molar-refractivity contribution in [1.82, 2.24) is 9.80 Å². The molecule has 1 aliphatic heterocycles. The third-order valence-corrected chi connectivity index (χ3v) is 4.50. The number of nitriles is 1. The monoisotopic (exact) mass is 373 g/mol. The number of hydrogen-bond donors (Lipinski definition) is 3. The van der Waals surface area contributed by atoms with Crippen LogP contribution in [0.3, 0.4) is 0 Å². The molecule has 0 atom stereocenters. The fourth-order valence-corrected chi connectivity index (χ4v) is 2.86. The number of nitrogens with one attached hydrogen (secondary N) is 1. The number of anilines is 2. The van der Waals surface area contributed by atoms with Gasteiger partial charge in [-0.05, 0) is 31.3 Å². The third-order valence-electron chi connectivity index (χ3n) is 4.50. The molecule has 1 aliphatic rings. The molecule has 27 heavy (non-hydrogen) atoms. The number of piperazine rings is 1. The fourth-order valence-electron chi connectivity index (χ4n) is 2.86. The Kier molecular flexibility index (Phi) is 8.07. The van der Waals surface area contributed by atoms with Crippen molar-refractivity contribution in [2.75, 3.05) is 69.7 Å². The van der Waals surface area contributed by atoms with Crippen LogP contribution in [0.1, 0.15) is 0 Å². The lowest BCUT2D eigenvalue weighted by atomic mass is 10.2. The first-order valence-corrected chi connectivity index (χ1v) is 9.00. The SMILES string of the molecule is CN1CCN(c2ccc(N/C=C(/C#N)C(=O)N(CCO)CCO)cc2)CC1. The molecule has 0 spiro atoms. The average Bonchev–Trinajstić information content (AvgIpc) is 2.69. The van der Waals surface area contributed by atoms with Gasteiger partial charge >= 0.3 is 0 Å². The molecule has 0 aromatic heterocycles. The summed E-state index contributed by atoms with van der Waals surface area (Å²) in [5, 5.41) is 30.3. The molecule has 0 saturated carbocycles. The van der Waals surface area contributed by atoms with E-state index in [1.807, 2.05) is 30.3 Å². The molecule has 8 nitrogen and oxygen atoms in total. The Morgan fingerprint density at radius 2 is 1.78 bits per heavy atom. The lowest BCUT2D eigenvalue weighted by Crippen LogP contribution is -2.44. The van der Waals surface area contributed by atoms with Gasteiger partial charge in [0.05, 0.1) is 13.2 Å². The van der Waals surface area contributed by atoms with Crippen molar-refractivity contribution >= 4 is 17.3 Å². The van der Waals surface area contributed by atoms with Crippen LogP contribution in [-0.2, 0) is 4.79 Å². The smallest absolute Gasteiger partial charge is 0.266 e. The van der Waals surface area contributed by atoms with Crippen molar-refractivity contribution in [2.45, 2.75) is 0 Å². The summed E-state index contributed by atoms with van der Waals surface area (Å²) in [7, 11) is 2.12. The second kappa shape index (κ2) is 10.5. The Hall–Kier alpha value is -2.60. The minimum atomic E-state index is -0.526. The van der Waals surface area contributed by atoms with Gasteiger partial charge in [0.2, 0.25) is 0 Å². The van der Waals surface area contributed by atoms with Gasteiger partial charge in [-0.15, -0.1) is 0 Å². The molecule has 1 aromatic carbocycles. The molecular weight excluding hydrogens is 346 g/mol. The Bertz CT molecular complexity index is 670. The molecule has 0 bridgehead atoms. The predicted octanol–water partition coefficient (Wildman–Crippen LogP) is 0.0710. The molecule has 1 fully saturated rings. The minimum absolute atomic E-state index is 0.0676. The van der Waals surface area contributed by atoms with E-state index in [2.05, 4.69) is 22.2 Å². The maximum Gasteiger partial charge on any atom is 0.266 e. The largest absolute Gasteiger partial charge is 0.395 e. The van der Waals surface area contributed by atoms with Gasteiger partial charge in [-0.2, -0.15) is 5.26 Å². The highest BCUT2D eigenvalue weighted by atomic mass is 16.3. The van der Waals surface area contributed by atoms with Crippen LogP contribution in [0.25, 0.3) is 0 Å². The maximum atomic E-state index is 12.3. The predicted molar refractivity (Wildman–Crippen MR) is 104 cm³/mol. The zero-order chi connectivity index (χ0) is 19.6. The first-order chi connectivity index (χ1) is 13.1. The fraction of sp³-hybridized carbons (Fsp3) is 0.474. The van der Waals surface area contributed by atoms with Crippen molar-refractivity contribution in [1.29, 1.82) is 5.26 Å². The van der Waals surface area contributed by atoms with Crippen LogP contribution < -0.4 is 10.2 Å². The number of likely N-dealkylation sites (N-methyl/N-ethyl adjacent to an activating group) is 1. The summed E-state index contributed by atoms with van der Waals surface area (Å²) in [5.41, 5.74) is 1.83. The van der Waals surface area contributed by atoms with E-state index >= 15 is 0 Å². The molecule has 1 heterocycles. The van der Waals surface area contributed by atoms with Gasteiger partial charge in [0.15, 0.2) is 0 Å². The minimum Gasteiger partial charge on any atom is -0.395 e. The molecule has 0 aliphatic carbocycles. The lowest BCUT2D eigenvalue weighted by Gasteiger charge is -2.34. The van der Waals surface area contributed by atoms with Gasteiger partial charge in [-0.25, -0.2) is 0 Å². The number of amides is 1. The van der Waals surface area contributed by atoms with Gasteiger partial charge in [0.25, 0.3) is 5.91 Å². The third kappa shape index (κ3) is 5.96. The highest BCUT2D eigenvalue weighted by Gasteiger charge is 2.17. The maximum absolute atomic E-state index is 12.3. The number of benzene rings is 1. The number of nitrogens with zero attached hydrogens (tertiary/aromatic N) is 4. The van der Waals surface area contributed by atoms with E-state index in [1.54, 1.807) is 0 Å². The van der Waals surface area contributed by atoms with Gasteiger partial charge < -0.3 is 30.2 Å². The molecule has 3 N–H and O–H groups in total. The van der Waals surface area contributed by atoms with Gasteiger partial charge in [-0.1, -0.05) is 0 Å². The van der Waals surface area contributed by atoms with Gasteiger partial charge in [0, 0.05) is 56.8 Å². The Morgan fingerprint density at radius 1 is 1.19 bits per heavy atom. The molecular formula is C19H27N5O3. The summed E-state index contributed by atoms with van der Waals surface area (Å²) in [5.74, 6) is -0.526. The van der Waals surface area contributed by atoms with E-state index in [9.17, 15) is 10.1 Å². The summed E-state index contributed by atoms with van der Waals surface area (Å²) in [4.78, 5) is 18.2. The number of aliphatic hydroxyl groups excluding tert-OH is 2. The first kappa shape index (κ1) is 20.7. The van der Waals surface area contributed by atoms with E-state index in [0.717, 1.165) is 37.6 Å². The van der Waals surface area contributed by atoms with Crippen molar-refractivity contribution in [3.8, 4) is 6.07 Å². The number of carbonyl (C=O) groups is 1. The van der Waals surface area contributed by atoms with Gasteiger partial charge in [0.1, 0.15) is 11.6 Å². The van der Waals surface area contributed by atoms with Crippen LogP contribution in [0.5, 0.6) is 0 Å². The quantitative estimate of drug-likeness (QED) is 0.438. The van der Waals surface area contributed by atoms with E-state index < -0.39 is 5.91 Å². The van der Waals surface area contributed by atoms with Crippen molar-refractivity contribution in [3.05, 3.63) is 36.0 Å².